The highest BCUT2D eigenvalue weighted by molar-refractivity contribution is 7.04. The molecule has 2 radical (unpaired) electrons. The first-order chi connectivity index (χ1) is 11.0. The summed E-state index contributed by atoms with van der Waals surface area (Å²) < 4.78 is 0. The Morgan fingerprint density at radius 1 is 1.48 bits per heavy atom. The molecular weight excluding hydrogens is 286 g/mol. The lowest BCUT2D eigenvalue weighted by atomic mass is 9.44. The summed E-state index contributed by atoms with van der Waals surface area (Å²) in [4.78, 5) is 25.6. The molecule has 1 saturated heterocycles. The van der Waals surface area contributed by atoms with Crippen LogP contribution in [0.25, 0.3) is 0 Å². The zero-order valence-electron chi connectivity index (χ0n) is 13.8. The molecule has 1 fully saturated rings. The zero-order chi connectivity index (χ0) is 17.0. The van der Waals surface area contributed by atoms with Crippen LogP contribution in [0.2, 0.25) is 0 Å². The van der Waals surface area contributed by atoms with Crippen molar-refractivity contribution >= 4 is 26.3 Å². The van der Waals surface area contributed by atoms with Gasteiger partial charge in [-0.05, 0) is 24.3 Å². The number of imide groups is 1. The van der Waals surface area contributed by atoms with Crippen molar-refractivity contribution in [2.45, 2.75) is 39.2 Å². The summed E-state index contributed by atoms with van der Waals surface area (Å²) in [6, 6.07) is -0.367. The number of hydrogen-bond acceptors (Lipinski definition) is 3. The minimum Gasteiger partial charge on any atom is -0.417 e. The van der Waals surface area contributed by atoms with Crippen LogP contribution in [0.3, 0.4) is 0 Å². The van der Waals surface area contributed by atoms with Gasteiger partial charge in [0.2, 0.25) is 19.1 Å². The van der Waals surface area contributed by atoms with Gasteiger partial charge in [-0.15, -0.1) is 0 Å². The number of carbonyl (C=O) groups is 2. The smallest absolute Gasteiger partial charge is 0.248 e. The second-order valence-corrected chi connectivity index (χ2v) is 5.86. The molecule has 118 valence electrons. The van der Waals surface area contributed by atoms with Crippen molar-refractivity contribution in [1.29, 1.82) is 0 Å². The maximum absolute atomic E-state index is 12.3. The topological polar surface area (TPSA) is 49.4 Å². The third-order valence-corrected chi connectivity index (χ3v) is 4.43. The Balaban J connectivity index is 2.40. The van der Waals surface area contributed by atoms with E-state index in [2.05, 4.69) is 32.3 Å². The molecule has 0 saturated carbocycles. The second-order valence-electron chi connectivity index (χ2n) is 5.86. The molecule has 2 atom stereocenters. The molecule has 0 bridgehead atoms. The standard InChI is InChI=1S/C17H22B2N2O2/c1-5-8-12(11(4)6-2)16-13(7-3)18-19-21(16)14-9-10-15(22)20-17(14)23/h5,7-8,11,14H,1,3,6,9-10H2,2,4H3,(H,20,22,23)/b12-8-. The molecule has 23 heavy (non-hydrogen) atoms. The van der Waals surface area contributed by atoms with E-state index in [1.807, 2.05) is 25.4 Å². The van der Waals surface area contributed by atoms with Gasteiger partial charge in [0.25, 0.3) is 0 Å². The van der Waals surface area contributed by atoms with E-state index in [0.29, 0.717) is 18.8 Å². The van der Waals surface area contributed by atoms with Crippen molar-refractivity contribution in [3.63, 3.8) is 0 Å². The van der Waals surface area contributed by atoms with E-state index >= 15 is 0 Å². The summed E-state index contributed by atoms with van der Waals surface area (Å²) in [7, 11) is 3.87. The fourth-order valence-corrected chi connectivity index (χ4v) is 2.97. The molecule has 6 heteroatoms. The fourth-order valence-electron chi connectivity index (χ4n) is 2.97. The van der Waals surface area contributed by atoms with Crippen LogP contribution in [0.15, 0.2) is 48.1 Å². The number of amides is 2. The minimum absolute atomic E-state index is 0.201. The molecule has 0 aliphatic carbocycles. The lowest BCUT2D eigenvalue weighted by Crippen LogP contribution is -2.52. The van der Waals surface area contributed by atoms with Crippen molar-refractivity contribution < 1.29 is 9.59 Å². The molecule has 1 N–H and O–H groups in total. The second kappa shape index (κ2) is 7.53. The molecule has 2 rings (SSSR count). The van der Waals surface area contributed by atoms with Gasteiger partial charge < -0.3 is 4.81 Å². The SMILES string of the molecule is C=C/C=C(\C1=C(C=C)[B][B]N1C1CCC(=O)NC1=O)C(C)CC. The summed E-state index contributed by atoms with van der Waals surface area (Å²) in [5, 5.41) is 2.43. The molecule has 2 heterocycles. The van der Waals surface area contributed by atoms with Gasteiger partial charge in [0.05, 0.1) is 6.04 Å². The Labute approximate surface area is 139 Å². The van der Waals surface area contributed by atoms with Gasteiger partial charge in [0, 0.05) is 12.1 Å². The van der Waals surface area contributed by atoms with E-state index in [4.69, 9.17) is 0 Å². The fraction of sp³-hybridized carbons (Fsp3) is 0.412. The Bertz CT molecular complexity index is 595. The van der Waals surface area contributed by atoms with Crippen molar-refractivity contribution in [1.82, 2.24) is 10.1 Å². The maximum atomic E-state index is 12.3. The molecule has 2 aliphatic heterocycles. The largest absolute Gasteiger partial charge is 0.417 e. The zero-order valence-corrected chi connectivity index (χ0v) is 13.8. The average molecular weight is 308 g/mol. The number of nitrogens with zero attached hydrogens (tertiary/aromatic N) is 1. The van der Waals surface area contributed by atoms with E-state index in [1.54, 1.807) is 12.2 Å². The highest BCUT2D eigenvalue weighted by atomic mass is 16.2. The predicted octanol–water partition coefficient (Wildman–Crippen LogP) is 1.90. The highest BCUT2D eigenvalue weighted by Gasteiger charge is 2.37. The number of hydrogen-bond donors (Lipinski definition) is 1. The number of piperidine rings is 1. The molecule has 0 spiro atoms. The van der Waals surface area contributed by atoms with E-state index in [0.717, 1.165) is 23.2 Å². The highest BCUT2D eigenvalue weighted by Crippen LogP contribution is 2.33. The number of rotatable bonds is 6. The maximum Gasteiger partial charge on any atom is 0.248 e. The molecule has 2 amide bonds. The van der Waals surface area contributed by atoms with Gasteiger partial charge in [-0.25, -0.2) is 0 Å². The van der Waals surface area contributed by atoms with Crippen LogP contribution in [0.1, 0.15) is 33.1 Å². The molecule has 2 unspecified atom stereocenters. The van der Waals surface area contributed by atoms with Gasteiger partial charge in [0.15, 0.2) is 0 Å². The molecule has 0 aromatic rings. The summed E-state index contributed by atoms with van der Waals surface area (Å²) >= 11 is 0. The first kappa shape index (κ1) is 17.4. The Morgan fingerprint density at radius 3 is 2.78 bits per heavy atom. The van der Waals surface area contributed by atoms with Crippen molar-refractivity contribution in [2.24, 2.45) is 5.92 Å². The molecule has 2 aliphatic rings. The summed E-state index contributed by atoms with van der Waals surface area (Å²) in [5.74, 6) is -0.114. The van der Waals surface area contributed by atoms with Crippen LogP contribution >= 0.6 is 0 Å². The lowest BCUT2D eigenvalue weighted by molar-refractivity contribution is -0.135. The number of allylic oxidation sites excluding steroid dienone is 5. The van der Waals surface area contributed by atoms with E-state index in [-0.39, 0.29) is 17.9 Å². The van der Waals surface area contributed by atoms with Crippen molar-refractivity contribution in [3.8, 4) is 0 Å². The van der Waals surface area contributed by atoms with Gasteiger partial charge in [0.1, 0.15) is 7.17 Å². The van der Waals surface area contributed by atoms with Gasteiger partial charge in [-0.1, -0.05) is 50.7 Å². The normalized spacial score (nSPS) is 23.1. The third kappa shape index (κ3) is 3.52. The number of nitrogens with one attached hydrogen (secondary N) is 1. The van der Waals surface area contributed by atoms with Crippen LogP contribution in [0.4, 0.5) is 0 Å². The van der Waals surface area contributed by atoms with Crippen molar-refractivity contribution in [2.75, 3.05) is 0 Å². The quantitative estimate of drug-likeness (QED) is 0.463. The average Bonchev–Trinajstić information content (AvgIpc) is 2.95. The molecule has 0 aromatic heterocycles. The summed E-state index contributed by atoms with van der Waals surface area (Å²) in [6.45, 7) is 12.0. The van der Waals surface area contributed by atoms with Crippen molar-refractivity contribution in [3.05, 3.63) is 48.1 Å². The predicted molar refractivity (Wildman–Crippen MR) is 94.5 cm³/mol. The van der Waals surface area contributed by atoms with E-state index in [9.17, 15) is 9.59 Å². The molecular formula is C17H22B2N2O2. The summed E-state index contributed by atoms with van der Waals surface area (Å²) in [5.41, 5.74) is 3.11. The first-order valence-electron chi connectivity index (χ1n) is 8.03. The van der Waals surface area contributed by atoms with Crippen LogP contribution < -0.4 is 5.32 Å². The van der Waals surface area contributed by atoms with E-state index in [1.165, 1.54) is 0 Å². The number of carbonyl (C=O) groups excluding carboxylic acids is 2. The Hall–Kier alpha value is -1.97. The van der Waals surface area contributed by atoms with Crippen LogP contribution in [-0.2, 0) is 9.59 Å². The minimum atomic E-state index is -0.367. The monoisotopic (exact) mass is 308 g/mol. The molecule has 0 aromatic carbocycles. The Kier molecular flexibility index (Phi) is 5.69. The lowest BCUT2D eigenvalue weighted by Gasteiger charge is -2.36. The van der Waals surface area contributed by atoms with Gasteiger partial charge in [-0.2, -0.15) is 0 Å². The summed E-state index contributed by atoms with van der Waals surface area (Å²) in [6.07, 6.45) is 7.44. The van der Waals surface area contributed by atoms with Crippen LogP contribution in [-0.4, -0.2) is 37.1 Å². The first-order valence-corrected chi connectivity index (χ1v) is 8.03. The van der Waals surface area contributed by atoms with E-state index < -0.39 is 0 Å². The third-order valence-electron chi connectivity index (χ3n) is 4.43. The van der Waals surface area contributed by atoms with Gasteiger partial charge in [-0.3, -0.25) is 14.9 Å². The van der Waals surface area contributed by atoms with Crippen LogP contribution in [0.5, 0.6) is 0 Å². The van der Waals surface area contributed by atoms with Crippen LogP contribution in [0, 0.1) is 5.92 Å². The van der Waals surface area contributed by atoms with Gasteiger partial charge >= 0.3 is 0 Å². The molecule has 4 nitrogen and oxygen atoms in total. The Morgan fingerprint density at radius 2 is 2.22 bits per heavy atom.